The minimum Gasteiger partial charge on any atom is -0.480 e. The van der Waals surface area contributed by atoms with E-state index in [1.165, 1.54) is 12.1 Å². The fourth-order valence-corrected chi connectivity index (χ4v) is 4.28. The minimum absolute atomic E-state index is 0.0980. The fraction of sp³-hybridized carbons (Fsp3) is 0.241. The van der Waals surface area contributed by atoms with Crippen LogP contribution in [0.2, 0.25) is 0 Å². The van der Waals surface area contributed by atoms with Crippen LogP contribution in [-0.2, 0) is 24.2 Å². The van der Waals surface area contributed by atoms with Crippen LogP contribution in [0.3, 0.4) is 0 Å². The van der Waals surface area contributed by atoms with Crippen LogP contribution in [0.5, 0.6) is 0 Å². The summed E-state index contributed by atoms with van der Waals surface area (Å²) in [4.78, 5) is 29.2. The van der Waals surface area contributed by atoms with Crippen molar-refractivity contribution in [3.05, 3.63) is 106 Å². The van der Waals surface area contributed by atoms with E-state index in [1.54, 1.807) is 17.8 Å². The standard InChI is InChI=1S/C29H30FN5O3/c1-4-21-16-22(30)14-19(3)27(21)28(36)33-25(29(37)38)15-20-5-7-24(8-6-20)35-12-10-23(34-35)17-32-26-13-18(2)9-11-31-26/h5-14,16,25H,4,15,17H2,1-3H3,(H,31,32)(H,33,36)(H,37,38). The summed E-state index contributed by atoms with van der Waals surface area (Å²) in [5, 5.41) is 20.2. The fourth-order valence-electron chi connectivity index (χ4n) is 4.28. The third-order valence-electron chi connectivity index (χ3n) is 6.24. The van der Waals surface area contributed by atoms with Crippen LogP contribution in [0, 0.1) is 19.7 Å². The quantitative estimate of drug-likeness (QED) is 0.284. The van der Waals surface area contributed by atoms with E-state index in [1.807, 2.05) is 62.5 Å². The lowest BCUT2D eigenvalue weighted by atomic mass is 9.98. The Morgan fingerprint density at radius 2 is 1.84 bits per heavy atom. The number of carboxylic acids is 1. The van der Waals surface area contributed by atoms with E-state index < -0.39 is 23.7 Å². The maximum Gasteiger partial charge on any atom is 0.326 e. The first kappa shape index (κ1) is 26.5. The van der Waals surface area contributed by atoms with Gasteiger partial charge in [-0.1, -0.05) is 19.1 Å². The number of halogens is 1. The van der Waals surface area contributed by atoms with Gasteiger partial charge in [-0.05, 0) is 85.0 Å². The summed E-state index contributed by atoms with van der Waals surface area (Å²) in [5.74, 6) is -1.31. The second-order valence-electron chi connectivity index (χ2n) is 9.17. The number of anilines is 1. The van der Waals surface area contributed by atoms with Crippen LogP contribution >= 0.6 is 0 Å². The Labute approximate surface area is 220 Å². The Bertz CT molecular complexity index is 1450. The van der Waals surface area contributed by atoms with Gasteiger partial charge in [-0.2, -0.15) is 5.10 Å². The van der Waals surface area contributed by atoms with Crippen LogP contribution in [-0.4, -0.2) is 37.8 Å². The molecule has 1 atom stereocenters. The molecule has 9 heteroatoms. The monoisotopic (exact) mass is 515 g/mol. The molecule has 4 aromatic rings. The number of nitrogens with one attached hydrogen (secondary N) is 2. The summed E-state index contributed by atoms with van der Waals surface area (Å²) in [6.07, 6.45) is 4.16. The lowest BCUT2D eigenvalue weighted by Gasteiger charge is -2.18. The highest BCUT2D eigenvalue weighted by Gasteiger charge is 2.24. The topological polar surface area (TPSA) is 109 Å². The Balaban J connectivity index is 1.41. The van der Waals surface area contributed by atoms with Gasteiger partial charge in [-0.25, -0.2) is 18.9 Å². The molecule has 8 nitrogen and oxygen atoms in total. The van der Waals surface area contributed by atoms with Crippen molar-refractivity contribution in [2.75, 3.05) is 5.32 Å². The van der Waals surface area contributed by atoms with Crippen molar-refractivity contribution in [1.82, 2.24) is 20.1 Å². The number of aryl methyl sites for hydroxylation is 3. The molecule has 3 N–H and O–H groups in total. The second-order valence-corrected chi connectivity index (χ2v) is 9.17. The molecule has 0 saturated carbocycles. The predicted molar refractivity (Wildman–Crippen MR) is 143 cm³/mol. The number of amides is 1. The number of aliphatic carboxylic acids is 1. The molecule has 0 fully saturated rings. The Hall–Kier alpha value is -4.53. The number of carbonyl (C=O) groups is 2. The van der Waals surface area contributed by atoms with Gasteiger partial charge in [0, 0.05) is 24.4 Å². The maximum absolute atomic E-state index is 13.8. The molecule has 0 aliphatic carbocycles. The van der Waals surface area contributed by atoms with Crippen molar-refractivity contribution >= 4 is 17.7 Å². The number of hydrogen-bond acceptors (Lipinski definition) is 5. The van der Waals surface area contributed by atoms with Crippen LogP contribution in [0.15, 0.2) is 67.0 Å². The Morgan fingerprint density at radius 3 is 2.53 bits per heavy atom. The lowest BCUT2D eigenvalue weighted by molar-refractivity contribution is -0.139. The van der Waals surface area contributed by atoms with Crippen molar-refractivity contribution in [2.24, 2.45) is 0 Å². The van der Waals surface area contributed by atoms with Crippen molar-refractivity contribution < 1.29 is 19.1 Å². The van der Waals surface area contributed by atoms with Crippen LogP contribution in [0.1, 0.15) is 45.2 Å². The molecule has 2 aromatic heterocycles. The van der Waals surface area contributed by atoms with Crippen molar-refractivity contribution in [3.63, 3.8) is 0 Å². The van der Waals surface area contributed by atoms with E-state index in [9.17, 15) is 19.1 Å². The third-order valence-corrected chi connectivity index (χ3v) is 6.24. The molecule has 196 valence electrons. The van der Waals surface area contributed by atoms with E-state index in [2.05, 4.69) is 20.7 Å². The predicted octanol–water partition coefficient (Wildman–Crippen LogP) is 4.62. The number of carbonyl (C=O) groups excluding carboxylic acids is 1. The highest BCUT2D eigenvalue weighted by Crippen LogP contribution is 2.19. The molecule has 0 radical (unpaired) electrons. The van der Waals surface area contributed by atoms with E-state index in [4.69, 9.17) is 0 Å². The zero-order valence-corrected chi connectivity index (χ0v) is 21.5. The number of hydrogen-bond donors (Lipinski definition) is 3. The molecule has 1 amide bonds. The highest BCUT2D eigenvalue weighted by atomic mass is 19.1. The van der Waals surface area contributed by atoms with Crippen LogP contribution < -0.4 is 10.6 Å². The lowest BCUT2D eigenvalue weighted by Crippen LogP contribution is -2.42. The number of nitrogens with zero attached hydrogens (tertiary/aromatic N) is 3. The zero-order valence-electron chi connectivity index (χ0n) is 21.5. The SMILES string of the molecule is CCc1cc(F)cc(C)c1C(=O)NC(Cc1ccc(-n2ccc(CNc3cc(C)ccn3)n2)cc1)C(=O)O. The minimum atomic E-state index is -1.15. The normalized spacial score (nSPS) is 11.7. The number of benzene rings is 2. The molecule has 0 saturated heterocycles. The number of pyridine rings is 1. The van der Waals surface area contributed by atoms with Crippen LogP contribution in [0.4, 0.5) is 10.2 Å². The number of aromatic nitrogens is 3. The van der Waals surface area contributed by atoms with Gasteiger partial charge in [0.25, 0.3) is 5.91 Å². The molecule has 0 bridgehead atoms. The van der Waals surface area contributed by atoms with E-state index in [0.29, 0.717) is 29.7 Å². The van der Waals surface area contributed by atoms with Crippen molar-refractivity contribution in [2.45, 2.75) is 46.2 Å². The second kappa shape index (κ2) is 11.7. The van der Waals surface area contributed by atoms with Gasteiger partial charge >= 0.3 is 5.97 Å². The number of rotatable bonds is 10. The van der Waals surface area contributed by atoms with Gasteiger partial charge in [-0.3, -0.25) is 4.79 Å². The smallest absolute Gasteiger partial charge is 0.326 e. The Morgan fingerprint density at radius 1 is 1.08 bits per heavy atom. The summed E-state index contributed by atoms with van der Waals surface area (Å²) >= 11 is 0. The maximum atomic E-state index is 13.8. The molecule has 0 aliphatic rings. The zero-order chi connectivity index (χ0) is 27.2. The Kier molecular flexibility index (Phi) is 8.15. The first-order chi connectivity index (χ1) is 18.2. The molecule has 38 heavy (non-hydrogen) atoms. The van der Waals surface area contributed by atoms with Gasteiger partial charge in [-0.15, -0.1) is 0 Å². The van der Waals surface area contributed by atoms with E-state index >= 15 is 0 Å². The van der Waals surface area contributed by atoms with E-state index in [0.717, 1.165) is 28.3 Å². The summed E-state index contributed by atoms with van der Waals surface area (Å²) in [6.45, 7) is 5.99. The molecular formula is C29H30FN5O3. The van der Waals surface area contributed by atoms with Crippen molar-refractivity contribution in [3.8, 4) is 5.69 Å². The van der Waals surface area contributed by atoms with Gasteiger partial charge in [0.05, 0.1) is 17.9 Å². The molecule has 2 aromatic carbocycles. The van der Waals surface area contributed by atoms with E-state index in [-0.39, 0.29) is 6.42 Å². The molecule has 0 aliphatic heterocycles. The molecule has 4 rings (SSSR count). The van der Waals surface area contributed by atoms with Crippen LogP contribution in [0.25, 0.3) is 5.69 Å². The highest BCUT2D eigenvalue weighted by molar-refractivity contribution is 5.99. The van der Waals surface area contributed by atoms with Crippen molar-refractivity contribution in [1.29, 1.82) is 0 Å². The first-order valence-electron chi connectivity index (χ1n) is 12.4. The summed E-state index contributed by atoms with van der Waals surface area (Å²) in [6, 6.07) is 14.6. The average molecular weight is 516 g/mol. The van der Waals surface area contributed by atoms with Gasteiger partial charge in [0.15, 0.2) is 0 Å². The van der Waals surface area contributed by atoms with Gasteiger partial charge in [0.2, 0.25) is 0 Å². The summed E-state index contributed by atoms with van der Waals surface area (Å²) < 4.78 is 15.5. The first-order valence-corrected chi connectivity index (χ1v) is 12.4. The summed E-state index contributed by atoms with van der Waals surface area (Å²) in [5.41, 5.74) is 4.85. The molecule has 2 heterocycles. The molecular weight excluding hydrogens is 485 g/mol. The van der Waals surface area contributed by atoms with Gasteiger partial charge in [0.1, 0.15) is 17.7 Å². The average Bonchev–Trinajstić information content (AvgIpc) is 3.36. The number of carboxylic acid groups (broad SMARTS) is 1. The third kappa shape index (κ3) is 6.42. The molecule has 0 spiro atoms. The summed E-state index contributed by atoms with van der Waals surface area (Å²) in [7, 11) is 0. The molecule has 1 unspecified atom stereocenters. The largest absolute Gasteiger partial charge is 0.480 e. The van der Waals surface area contributed by atoms with Gasteiger partial charge < -0.3 is 15.7 Å².